The van der Waals surface area contributed by atoms with Gasteiger partial charge in [0.15, 0.2) is 0 Å². The summed E-state index contributed by atoms with van der Waals surface area (Å²) in [6, 6.07) is 0.262. The van der Waals surface area contributed by atoms with Crippen molar-refractivity contribution >= 4 is 5.91 Å². The first-order valence-electron chi connectivity index (χ1n) is 8.55. The fourth-order valence-corrected chi connectivity index (χ4v) is 2.89. The van der Waals surface area contributed by atoms with Gasteiger partial charge in [-0.3, -0.25) is 9.69 Å². The van der Waals surface area contributed by atoms with Crippen LogP contribution in [-0.2, 0) is 4.79 Å². The maximum Gasteiger partial charge on any atom is 0.237 e. The standard InChI is InChI=1S/C16H34N4O/c1-4-7-14(2)18-16(21)15(3)20-12-10-19(11-13-20)9-6-5-8-17/h14-15H,4-13,17H2,1-3H3,(H,18,21). The Hall–Kier alpha value is -0.650. The Morgan fingerprint density at radius 3 is 2.43 bits per heavy atom. The molecule has 124 valence electrons. The highest BCUT2D eigenvalue weighted by atomic mass is 16.2. The summed E-state index contributed by atoms with van der Waals surface area (Å²) in [6.45, 7) is 12.3. The molecule has 2 atom stereocenters. The van der Waals surface area contributed by atoms with E-state index in [4.69, 9.17) is 5.73 Å². The van der Waals surface area contributed by atoms with E-state index in [9.17, 15) is 4.79 Å². The van der Waals surface area contributed by atoms with E-state index < -0.39 is 0 Å². The highest BCUT2D eigenvalue weighted by Crippen LogP contribution is 2.08. The number of nitrogens with two attached hydrogens (primary N) is 1. The van der Waals surface area contributed by atoms with Crippen LogP contribution in [0.15, 0.2) is 0 Å². The summed E-state index contributed by atoms with van der Waals surface area (Å²) in [5.74, 6) is 0.174. The molecular formula is C16H34N4O. The predicted octanol–water partition coefficient (Wildman–Crippen LogP) is 1.04. The monoisotopic (exact) mass is 298 g/mol. The molecule has 0 aromatic heterocycles. The highest BCUT2D eigenvalue weighted by Gasteiger charge is 2.25. The van der Waals surface area contributed by atoms with Gasteiger partial charge in [0.05, 0.1) is 6.04 Å². The van der Waals surface area contributed by atoms with Crippen LogP contribution in [0.5, 0.6) is 0 Å². The average Bonchev–Trinajstić information content (AvgIpc) is 2.47. The van der Waals surface area contributed by atoms with E-state index in [-0.39, 0.29) is 18.0 Å². The first-order chi connectivity index (χ1) is 10.1. The molecule has 1 aliphatic rings. The molecule has 1 amide bonds. The van der Waals surface area contributed by atoms with Gasteiger partial charge in [0.1, 0.15) is 0 Å². The second-order valence-corrected chi connectivity index (χ2v) is 6.25. The molecule has 0 saturated carbocycles. The molecule has 3 N–H and O–H groups in total. The van der Waals surface area contributed by atoms with Crippen molar-refractivity contribution in [2.24, 2.45) is 5.73 Å². The minimum Gasteiger partial charge on any atom is -0.352 e. The summed E-state index contributed by atoms with van der Waals surface area (Å²) in [4.78, 5) is 17.0. The molecule has 0 spiro atoms. The molecule has 0 aliphatic carbocycles. The third-order valence-corrected chi connectivity index (χ3v) is 4.37. The average molecular weight is 298 g/mol. The van der Waals surface area contributed by atoms with Crippen LogP contribution in [0.25, 0.3) is 0 Å². The number of nitrogens with zero attached hydrogens (tertiary/aromatic N) is 2. The van der Waals surface area contributed by atoms with Crippen LogP contribution < -0.4 is 11.1 Å². The quantitative estimate of drug-likeness (QED) is 0.624. The summed E-state index contributed by atoms with van der Waals surface area (Å²) >= 11 is 0. The zero-order chi connectivity index (χ0) is 15.7. The van der Waals surface area contributed by atoms with E-state index in [2.05, 4.69) is 29.0 Å². The van der Waals surface area contributed by atoms with Crippen molar-refractivity contribution in [1.82, 2.24) is 15.1 Å². The highest BCUT2D eigenvalue weighted by molar-refractivity contribution is 5.81. The first-order valence-corrected chi connectivity index (χ1v) is 8.55. The van der Waals surface area contributed by atoms with Crippen LogP contribution in [0.2, 0.25) is 0 Å². The molecule has 0 aromatic rings. The van der Waals surface area contributed by atoms with Crippen LogP contribution in [0, 0.1) is 0 Å². The number of nitrogens with one attached hydrogen (secondary N) is 1. The summed E-state index contributed by atoms with van der Waals surface area (Å²) in [5.41, 5.74) is 5.53. The number of amides is 1. The zero-order valence-corrected chi connectivity index (χ0v) is 14.1. The number of hydrogen-bond donors (Lipinski definition) is 2. The molecular weight excluding hydrogens is 264 g/mol. The maximum absolute atomic E-state index is 12.2. The molecule has 1 rings (SSSR count). The van der Waals surface area contributed by atoms with Crippen molar-refractivity contribution in [3.8, 4) is 0 Å². The van der Waals surface area contributed by atoms with Gasteiger partial charge in [-0.25, -0.2) is 0 Å². The SMILES string of the molecule is CCCC(C)NC(=O)C(C)N1CCN(CCCCN)CC1. The third-order valence-electron chi connectivity index (χ3n) is 4.37. The van der Waals surface area contributed by atoms with Gasteiger partial charge >= 0.3 is 0 Å². The van der Waals surface area contributed by atoms with E-state index in [1.165, 1.54) is 6.42 Å². The third kappa shape index (κ3) is 6.76. The number of unbranched alkanes of at least 4 members (excludes halogenated alkanes) is 1. The minimum atomic E-state index is -0.0181. The lowest BCUT2D eigenvalue weighted by molar-refractivity contribution is -0.127. The van der Waals surface area contributed by atoms with Gasteiger partial charge in [0.2, 0.25) is 5.91 Å². The van der Waals surface area contributed by atoms with Gasteiger partial charge in [-0.1, -0.05) is 13.3 Å². The van der Waals surface area contributed by atoms with Gasteiger partial charge < -0.3 is 16.0 Å². The fourth-order valence-electron chi connectivity index (χ4n) is 2.89. The molecule has 0 radical (unpaired) electrons. The molecule has 1 heterocycles. The molecule has 0 aromatic carbocycles. The number of rotatable bonds is 9. The second kappa shape index (κ2) is 10.1. The molecule has 0 bridgehead atoms. The molecule has 1 fully saturated rings. The fraction of sp³-hybridized carbons (Fsp3) is 0.938. The smallest absolute Gasteiger partial charge is 0.237 e. The lowest BCUT2D eigenvalue weighted by atomic mass is 10.1. The van der Waals surface area contributed by atoms with E-state index >= 15 is 0 Å². The van der Waals surface area contributed by atoms with Crippen LogP contribution in [-0.4, -0.2) is 67.1 Å². The van der Waals surface area contributed by atoms with Gasteiger partial charge in [-0.2, -0.15) is 0 Å². The first kappa shape index (κ1) is 18.4. The van der Waals surface area contributed by atoms with Crippen molar-refractivity contribution in [3.63, 3.8) is 0 Å². The Morgan fingerprint density at radius 1 is 1.19 bits per heavy atom. The van der Waals surface area contributed by atoms with Crippen LogP contribution in [0.1, 0.15) is 46.5 Å². The summed E-state index contributed by atoms with van der Waals surface area (Å²) in [6.07, 6.45) is 4.44. The lowest BCUT2D eigenvalue weighted by Gasteiger charge is -2.37. The van der Waals surface area contributed by atoms with Crippen LogP contribution in [0.4, 0.5) is 0 Å². The van der Waals surface area contributed by atoms with E-state index in [0.717, 1.165) is 58.5 Å². The molecule has 5 heteroatoms. The number of carbonyl (C=O) groups excluding carboxylic acids is 1. The lowest BCUT2D eigenvalue weighted by Crippen LogP contribution is -2.54. The van der Waals surface area contributed by atoms with Crippen molar-refractivity contribution in [1.29, 1.82) is 0 Å². The van der Waals surface area contributed by atoms with Crippen molar-refractivity contribution in [3.05, 3.63) is 0 Å². The number of piperazine rings is 1. The van der Waals surface area contributed by atoms with E-state index in [1.807, 2.05) is 6.92 Å². The van der Waals surface area contributed by atoms with Crippen molar-refractivity contribution in [2.45, 2.75) is 58.5 Å². The second-order valence-electron chi connectivity index (χ2n) is 6.25. The predicted molar refractivity (Wildman–Crippen MR) is 88.3 cm³/mol. The van der Waals surface area contributed by atoms with Crippen molar-refractivity contribution < 1.29 is 4.79 Å². The van der Waals surface area contributed by atoms with Gasteiger partial charge in [-0.05, 0) is 46.2 Å². The van der Waals surface area contributed by atoms with Gasteiger partial charge in [0, 0.05) is 32.2 Å². The zero-order valence-electron chi connectivity index (χ0n) is 14.1. The summed E-state index contributed by atoms with van der Waals surface area (Å²) in [5, 5.41) is 3.12. The van der Waals surface area contributed by atoms with Crippen molar-refractivity contribution in [2.75, 3.05) is 39.3 Å². The molecule has 1 saturated heterocycles. The van der Waals surface area contributed by atoms with Crippen LogP contribution in [0.3, 0.4) is 0 Å². The summed E-state index contributed by atoms with van der Waals surface area (Å²) < 4.78 is 0. The Morgan fingerprint density at radius 2 is 1.86 bits per heavy atom. The van der Waals surface area contributed by atoms with E-state index in [0.29, 0.717) is 0 Å². The molecule has 5 nitrogen and oxygen atoms in total. The van der Waals surface area contributed by atoms with E-state index in [1.54, 1.807) is 0 Å². The Bertz CT molecular complexity index is 290. The van der Waals surface area contributed by atoms with Gasteiger partial charge in [-0.15, -0.1) is 0 Å². The Labute approximate surface area is 130 Å². The molecule has 2 unspecified atom stereocenters. The Kier molecular flexibility index (Phi) is 8.88. The normalized spacial score (nSPS) is 20.2. The largest absolute Gasteiger partial charge is 0.352 e. The molecule has 1 aliphatic heterocycles. The number of hydrogen-bond acceptors (Lipinski definition) is 4. The van der Waals surface area contributed by atoms with Gasteiger partial charge in [0.25, 0.3) is 0 Å². The maximum atomic E-state index is 12.2. The summed E-state index contributed by atoms with van der Waals surface area (Å²) in [7, 11) is 0. The topological polar surface area (TPSA) is 61.6 Å². The molecule has 21 heavy (non-hydrogen) atoms. The minimum absolute atomic E-state index is 0.0181. The van der Waals surface area contributed by atoms with Crippen LogP contribution >= 0.6 is 0 Å². The Balaban J connectivity index is 2.27. The number of carbonyl (C=O) groups is 1.